The maximum atomic E-state index is 12.5. The van der Waals surface area contributed by atoms with Gasteiger partial charge in [-0.1, -0.05) is 89.1 Å². The molecule has 1 amide bonds. The van der Waals surface area contributed by atoms with Crippen molar-refractivity contribution < 1.29 is 14.3 Å². The van der Waals surface area contributed by atoms with Crippen LogP contribution in [0.4, 0.5) is 0 Å². The van der Waals surface area contributed by atoms with Crippen LogP contribution in [0.2, 0.25) is 0 Å². The van der Waals surface area contributed by atoms with E-state index in [1.54, 1.807) is 4.90 Å². The molecule has 1 aliphatic heterocycles. The first-order valence-corrected chi connectivity index (χ1v) is 10.1. The minimum absolute atomic E-state index is 0.110. The Morgan fingerprint density at radius 3 is 2.31 bits per heavy atom. The lowest BCUT2D eigenvalue weighted by Gasteiger charge is -2.29. The van der Waals surface area contributed by atoms with Crippen LogP contribution >= 0.6 is 0 Å². The van der Waals surface area contributed by atoms with Crippen LogP contribution in [0.1, 0.15) is 83.7 Å². The number of benzene rings is 1. The Hall–Kier alpha value is -1.84. The molecule has 0 radical (unpaired) electrons. The average molecular weight is 360 g/mol. The molecule has 1 aromatic carbocycles. The standard InChI is InChI=1S/C22H33NO3/c1-4-5-6-7-8-9-11-14-17(2)21-23(18(3)24)20(22(25)26-21)19-15-12-10-13-16-19/h10,12-13,15-17,20-21H,4-9,11,14H2,1-3H3. The summed E-state index contributed by atoms with van der Waals surface area (Å²) in [5.74, 6) is -0.281. The Bertz CT molecular complexity index is 572. The van der Waals surface area contributed by atoms with Gasteiger partial charge in [-0.15, -0.1) is 0 Å². The van der Waals surface area contributed by atoms with Crippen LogP contribution in [0, 0.1) is 5.92 Å². The summed E-state index contributed by atoms with van der Waals surface area (Å²) in [5, 5.41) is 0. The summed E-state index contributed by atoms with van der Waals surface area (Å²) < 4.78 is 5.64. The molecule has 26 heavy (non-hydrogen) atoms. The molecule has 0 bridgehead atoms. The van der Waals surface area contributed by atoms with Crippen molar-refractivity contribution in [1.29, 1.82) is 0 Å². The lowest BCUT2D eigenvalue weighted by atomic mass is 9.98. The molecular weight excluding hydrogens is 326 g/mol. The number of amides is 1. The summed E-state index contributed by atoms with van der Waals surface area (Å²) in [4.78, 5) is 26.4. The molecule has 0 aliphatic carbocycles. The van der Waals surface area contributed by atoms with Crippen LogP contribution in [0.5, 0.6) is 0 Å². The molecule has 4 heteroatoms. The van der Waals surface area contributed by atoms with Gasteiger partial charge in [0.25, 0.3) is 0 Å². The van der Waals surface area contributed by atoms with Gasteiger partial charge in [-0.25, -0.2) is 4.79 Å². The molecule has 1 aromatic rings. The van der Waals surface area contributed by atoms with E-state index in [0.717, 1.165) is 18.4 Å². The summed E-state index contributed by atoms with van der Waals surface area (Å²) in [6.07, 6.45) is 9.32. The van der Waals surface area contributed by atoms with Crippen LogP contribution < -0.4 is 0 Å². The summed E-state index contributed by atoms with van der Waals surface area (Å²) in [6.45, 7) is 5.83. The number of ether oxygens (including phenoxy) is 1. The molecule has 1 saturated heterocycles. The highest BCUT2D eigenvalue weighted by molar-refractivity contribution is 5.87. The van der Waals surface area contributed by atoms with Crippen molar-refractivity contribution in [2.24, 2.45) is 5.92 Å². The third-order valence-corrected chi connectivity index (χ3v) is 5.24. The number of rotatable bonds is 10. The van der Waals surface area contributed by atoms with E-state index in [9.17, 15) is 9.59 Å². The summed E-state index contributed by atoms with van der Waals surface area (Å²) in [5.41, 5.74) is 0.818. The largest absolute Gasteiger partial charge is 0.439 e. The van der Waals surface area contributed by atoms with Crippen LogP contribution in [0.3, 0.4) is 0 Å². The van der Waals surface area contributed by atoms with Crippen LogP contribution in [0.25, 0.3) is 0 Å². The first kappa shape index (κ1) is 20.5. The third kappa shape index (κ3) is 5.33. The van der Waals surface area contributed by atoms with Crippen molar-refractivity contribution in [2.45, 2.75) is 84.4 Å². The molecule has 1 fully saturated rings. The Labute approximate surface area is 157 Å². The maximum Gasteiger partial charge on any atom is 0.335 e. The van der Waals surface area contributed by atoms with Gasteiger partial charge in [-0.3, -0.25) is 9.69 Å². The molecule has 3 atom stereocenters. The van der Waals surface area contributed by atoms with Gasteiger partial charge in [-0.2, -0.15) is 0 Å². The quantitative estimate of drug-likeness (QED) is 0.424. The maximum absolute atomic E-state index is 12.5. The lowest BCUT2D eigenvalue weighted by molar-refractivity contribution is -0.146. The summed E-state index contributed by atoms with van der Waals surface area (Å²) in [7, 11) is 0. The second-order valence-electron chi connectivity index (χ2n) is 7.45. The van der Waals surface area contributed by atoms with E-state index in [0.29, 0.717) is 0 Å². The first-order chi connectivity index (χ1) is 12.6. The molecule has 0 spiro atoms. The fourth-order valence-corrected chi connectivity index (χ4v) is 3.75. The topological polar surface area (TPSA) is 46.6 Å². The molecule has 2 rings (SSSR count). The van der Waals surface area contributed by atoms with Crippen LogP contribution in [0.15, 0.2) is 30.3 Å². The molecule has 4 nitrogen and oxygen atoms in total. The van der Waals surface area contributed by atoms with E-state index in [2.05, 4.69) is 13.8 Å². The fraction of sp³-hybridized carbons (Fsp3) is 0.636. The number of esters is 1. The summed E-state index contributed by atoms with van der Waals surface area (Å²) >= 11 is 0. The minimum atomic E-state index is -0.616. The second-order valence-corrected chi connectivity index (χ2v) is 7.45. The monoisotopic (exact) mass is 359 g/mol. The average Bonchev–Trinajstić information content (AvgIpc) is 2.99. The number of carbonyl (C=O) groups is 2. The van der Waals surface area contributed by atoms with Gasteiger partial charge in [-0.05, 0) is 12.0 Å². The Morgan fingerprint density at radius 2 is 1.69 bits per heavy atom. The second kappa shape index (κ2) is 10.3. The molecule has 1 heterocycles. The number of hydrogen-bond donors (Lipinski definition) is 0. The number of unbranched alkanes of at least 4 members (excludes halogenated alkanes) is 6. The van der Waals surface area contributed by atoms with Crippen molar-refractivity contribution in [3.63, 3.8) is 0 Å². The third-order valence-electron chi connectivity index (χ3n) is 5.24. The molecule has 0 aromatic heterocycles. The Kier molecular flexibility index (Phi) is 8.14. The first-order valence-electron chi connectivity index (χ1n) is 10.1. The van der Waals surface area contributed by atoms with Gasteiger partial charge in [0.05, 0.1) is 0 Å². The zero-order valence-electron chi connectivity index (χ0n) is 16.4. The molecule has 3 unspecified atom stereocenters. The Balaban J connectivity index is 1.91. The van der Waals surface area contributed by atoms with E-state index >= 15 is 0 Å². The van der Waals surface area contributed by atoms with Gasteiger partial charge >= 0.3 is 5.97 Å². The van der Waals surface area contributed by atoms with Crippen LogP contribution in [-0.2, 0) is 14.3 Å². The number of hydrogen-bond acceptors (Lipinski definition) is 3. The Morgan fingerprint density at radius 1 is 1.08 bits per heavy atom. The molecule has 1 aliphatic rings. The highest BCUT2D eigenvalue weighted by Crippen LogP contribution is 2.36. The highest BCUT2D eigenvalue weighted by Gasteiger charge is 2.46. The molecule has 0 N–H and O–H groups in total. The number of carbonyl (C=O) groups excluding carboxylic acids is 2. The van der Waals surface area contributed by atoms with Gasteiger partial charge in [0.15, 0.2) is 12.3 Å². The van der Waals surface area contributed by atoms with Crippen molar-refractivity contribution in [3.8, 4) is 0 Å². The van der Waals surface area contributed by atoms with E-state index in [-0.39, 0.29) is 17.8 Å². The summed E-state index contributed by atoms with van der Waals surface area (Å²) in [6, 6.07) is 8.82. The lowest BCUT2D eigenvalue weighted by Crippen LogP contribution is -2.40. The molecule has 0 saturated carbocycles. The number of nitrogens with zero attached hydrogens (tertiary/aromatic N) is 1. The van der Waals surface area contributed by atoms with Crippen molar-refractivity contribution in [1.82, 2.24) is 4.90 Å². The van der Waals surface area contributed by atoms with Crippen molar-refractivity contribution >= 4 is 11.9 Å². The van der Waals surface area contributed by atoms with Crippen molar-refractivity contribution in [3.05, 3.63) is 35.9 Å². The zero-order valence-corrected chi connectivity index (χ0v) is 16.4. The van der Waals surface area contributed by atoms with Gasteiger partial charge in [0.1, 0.15) is 0 Å². The van der Waals surface area contributed by atoms with Gasteiger partial charge < -0.3 is 4.74 Å². The van der Waals surface area contributed by atoms with E-state index in [1.165, 1.54) is 45.4 Å². The SMILES string of the molecule is CCCCCCCCCC(C)C1OC(=O)C(c2ccccc2)N1C(C)=O. The highest BCUT2D eigenvalue weighted by atomic mass is 16.6. The van der Waals surface area contributed by atoms with Gasteiger partial charge in [0, 0.05) is 12.8 Å². The predicted molar refractivity (Wildman–Crippen MR) is 103 cm³/mol. The zero-order chi connectivity index (χ0) is 18.9. The molecular formula is C22H33NO3. The number of cyclic esters (lactones) is 1. The van der Waals surface area contributed by atoms with E-state index in [4.69, 9.17) is 4.74 Å². The van der Waals surface area contributed by atoms with Crippen LogP contribution in [-0.4, -0.2) is 23.0 Å². The van der Waals surface area contributed by atoms with Crippen molar-refractivity contribution in [2.75, 3.05) is 0 Å². The fourth-order valence-electron chi connectivity index (χ4n) is 3.75. The van der Waals surface area contributed by atoms with E-state index < -0.39 is 12.3 Å². The normalized spacial score (nSPS) is 20.9. The van der Waals surface area contributed by atoms with Gasteiger partial charge in [0.2, 0.25) is 5.91 Å². The minimum Gasteiger partial charge on any atom is -0.439 e. The predicted octanol–water partition coefficient (Wildman–Crippen LogP) is 5.24. The molecule has 144 valence electrons. The smallest absolute Gasteiger partial charge is 0.335 e. The van der Waals surface area contributed by atoms with E-state index in [1.807, 2.05) is 30.3 Å².